The van der Waals surface area contributed by atoms with E-state index >= 15 is 0 Å². The average molecular weight is 488 g/mol. The van der Waals surface area contributed by atoms with E-state index in [0.29, 0.717) is 5.69 Å². The van der Waals surface area contributed by atoms with Gasteiger partial charge >= 0.3 is 0 Å². The summed E-state index contributed by atoms with van der Waals surface area (Å²) in [5.74, 6) is -0.757. The minimum Gasteiger partial charge on any atom is -0.350 e. The molecule has 0 bridgehead atoms. The predicted octanol–water partition coefficient (Wildman–Crippen LogP) is 3.71. The first kappa shape index (κ1) is 27.4. The minimum absolute atomic E-state index is 0.184. The van der Waals surface area contributed by atoms with E-state index in [4.69, 9.17) is 0 Å². The maximum atomic E-state index is 13.6. The van der Waals surface area contributed by atoms with Gasteiger partial charge in [0.2, 0.25) is 21.8 Å². The number of nitrogens with one attached hydrogen (secondary N) is 1. The van der Waals surface area contributed by atoms with Crippen molar-refractivity contribution in [3.05, 3.63) is 64.7 Å². The van der Waals surface area contributed by atoms with Crippen LogP contribution >= 0.6 is 0 Å². The Morgan fingerprint density at radius 2 is 1.65 bits per heavy atom. The van der Waals surface area contributed by atoms with Crippen molar-refractivity contribution in [1.29, 1.82) is 0 Å². The van der Waals surface area contributed by atoms with Crippen molar-refractivity contribution < 1.29 is 18.0 Å². The number of nitrogens with zero attached hydrogens (tertiary/aromatic N) is 2. The fraction of sp³-hybridized carbons (Fsp3) is 0.462. The molecule has 0 spiro atoms. The lowest BCUT2D eigenvalue weighted by Crippen LogP contribution is -2.54. The van der Waals surface area contributed by atoms with Gasteiger partial charge in [-0.25, -0.2) is 8.42 Å². The Labute approximate surface area is 204 Å². The second-order valence-electron chi connectivity index (χ2n) is 9.96. The monoisotopic (exact) mass is 487 g/mol. The van der Waals surface area contributed by atoms with Crippen LogP contribution in [0.25, 0.3) is 0 Å². The second-order valence-corrected chi connectivity index (χ2v) is 11.9. The Hall–Kier alpha value is -2.87. The standard InChI is InChI=1S/C26H37N3O4S/c1-18-10-9-11-22(14-18)16-28(21(4)25(31)27-26(5,6)7)24(30)17-29(34(8,32)33)23-13-12-19(2)20(3)15-23/h9-15,21H,16-17H2,1-8H3,(H,27,31)/t21-/m1/s1. The molecule has 0 aliphatic rings. The Morgan fingerprint density at radius 1 is 1.00 bits per heavy atom. The van der Waals surface area contributed by atoms with Crippen LogP contribution in [0.3, 0.4) is 0 Å². The fourth-order valence-electron chi connectivity index (χ4n) is 3.56. The summed E-state index contributed by atoms with van der Waals surface area (Å²) in [6.07, 6.45) is 1.08. The third kappa shape index (κ3) is 7.58. The van der Waals surface area contributed by atoms with E-state index in [1.165, 1.54) is 4.90 Å². The first-order valence-corrected chi connectivity index (χ1v) is 13.2. The molecule has 0 unspecified atom stereocenters. The van der Waals surface area contributed by atoms with Crippen molar-refractivity contribution in [1.82, 2.24) is 10.2 Å². The summed E-state index contributed by atoms with van der Waals surface area (Å²) in [7, 11) is -3.75. The van der Waals surface area contributed by atoms with E-state index in [1.54, 1.807) is 19.1 Å². The van der Waals surface area contributed by atoms with Crippen LogP contribution in [0.1, 0.15) is 49.9 Å². The predicted molar refractivity (Wildman–Crippen MR) is 137 cm³/mol. The van der Waals surface area contributed by atoms with Gasteiger partial charge in [-0.15, -0.1) is 0 Å². The van der Waals surface area contributed by atoms with Crippen LogP contribution in [-0.2, 0) is 26.2 Å². The molecule has 0 radical (unpaired) electrons. The quantitative estimate of drug-likeness (QED) is 0.615. The molecule has 0 aromatic heterocycles. The highest BCUT2D eigenvalue weighted by Gasteiger charge is 2.31. The number of amides is 2. The normalized spacial score (nSPS) is 12.7. The Morgan fingerprint density at radius 3 is 2.18 bits per heavy atom. The van der Waals surface area contributed by atoms with Crippen LogP contribution in [0, 0.1) is 20.8 Å². The number of hydrogen-bond acceptors (Lipinski definition) is 4. The molecular formula is C26H37N3O4S. The van der Waals surface area contributed by atoms with Gasteiger partial charge < -0.3 is 10.2 Å². The molecule has 2 aromatic carbocycles. The molecule has 8 heteroatoms. The lowest BCUT2D eigenvalue weighted by Gasteiger charge is -2.33. The van der Waals surface area contributed by atoms with Gasteiger partial charge in [0.05, 0.1) is 11.9 Å². The van der Waals surface area contributed by atoms with Gasteiger partial charge in [-0.1, -0.05) is 35.9 Å². The molecule has 0 fully saturated rings. The van der Waals surface area contributed by atoms with Gasteiger partial charge in [0.1, 0.15) is 12.6 Å². The summed E-state index contributed by atoms with van der Waals surface area (Å²) in [5.41, 5.74) is 3.79. The Bertz CT molecular complexity index is 1150. The zero-order valence-corrected chi connectivity index (χ0v) is 22.3. The van der Waals surface area contributed by atoms with Gasteiger partial charge in [-0.05, 0) is 77.3 Å². The zero-order chi connectivity index (χ0) is 25.8. The number of rotatable bonds is 8. The summed E-state index contributed by atoms with van der Waals surface area (Å²) in [5, 5.41) is 2.92. The minimum atomic E-state index is -3.75. The van der Waals surface area contributed by atoms with Crippen LogP contribution in [0.5, 0.6) is 0 Å². The molecule has 0 aliphatic heterocycles. The van der Waals surface area contributed by atoms with Gasteiger partial charge in [0.25, 0.3) is 0 Å². The highest BCUT2D eigenvalue weighted by molar-refractivity contribution is 7.92. The lowest BCUT2D eigenvalue weighted by molar-refractivity contribution is -0.140. The summed E-state index contributed by atoms with van der Waals surface area (Å²) < 4.78 is 26.4. The largest absolute Gasteiger partial charge is 0.350 e. The summed E-state index contributed by atoms with van der Waals surface area (Å²) in [6, 6.07) is 12.2. The van der Waals surface area contributed by atoms with E-state index in [2.05, 4.69) is 5.32 Å². The molecule has 0 saturated carbocycles. The number of hydrogen-bond donors (Lipinski definition) is 1. The molecule has 1 N–H and O–H groups in total. The van der Waals surface area contributed by atoms with Crippen LogP contribution in [0.2, 0.25) is 0 Å². The highest BCUT2D eigenvalue weighted by atomic mass is 32.2. The fourth-order valence-corrected chi connectivity index (χ4v) is 4.40. The van der Waals surface area contributed by atoms with Crippen molar-refractivity contribution in [2.24, 2.45) is 0 Å². The molecule has 1 atom stereocenters. The number of sulfonamides is 1. The van der Waals surface area contributed by atoms with Crippen molar-refractivity contribution in [3.63, 3.8) is 0 Å². The molecular weight excluding hydrogens is 450 g/mol. The van der Waals surface area contributed by atoms with Crippen LogP contribution in [-0.4, -0.2) is 49.5 Å². The maximum absolute atomic E-state index is 13.6. The highest BCUT2D eigenvalue weighted by Crippen LogP contribution is 2.22. The van der Waals surface area contributed by atoms with E-state index in [9.17, 15) is 18.0 Å². The Balaban J connectivity index is 2.43. The summed E-state index contributed by atoms with van der Waals surface area (Å²) in [6.45, 7) is 12.8. The van der Waals surface area contributed by atoms with Crippen molar-refractivity contribution in [3.8, 4) is 0 Å². The molecule has 0 aliphatic carbocycles. The summed E-state index contributed by atoms with van der Waals surface area (Å²) >= 11 is 0. The van der Waals surface area contributed by atoms with Crippen LogP contribution in [0.4, 0.5) is 5.69 Å². The van der Waals surface area contributed by atoms with Crippen LogP contribution < -0.4 is 9.62 Å². The smallest absolute Gasteiger partial charge is 0.244 e. The first-order chi connectivity index (χ1) is 15.6. The first-order valence-electron chi connectivity index (χ1n) is 11.3. The number of carbonyl (C=O) groups excluding carboxylic acids is 2. The SMILES string of the molecule is Cc1cccc(CN(C(=O)CN(c2ccc(C)c(C)c2)S(C)(=O)=O)[C@H](C)C(=O)NC(C)(C)C)c1. The third-order valence-corrected chi connectivity index (χ3v) is 6.70. The second kappa shape index (κ2) is 10.6. The molecule has 0 saturated heterocycles. The number of benzene rings is 2. The topological polar surface area (TPSA) is 86.8 Å². The zero-order valence-electron chi connectivity index (χ0n) is 21.5. The molecule has 2 rings (SSSR count). The lowest BCUT2D eigenvalue weighted by atomic mass is 10.1. The molecule has 2 amide bonds. The number of anilines is 1. The third-order valence-electron chi connectivity index (χ3n) is 5.56. The van der Waals surface area contributed by atoms with Gasteiger partial charge in [0.15, 0.2) is 0 Å². The van der Waals surface area contributed by atoms with E-state index < -0.39 is 34.1 Å². The average Bonchev–Trinajstić information content (AvgIpc) is 2.69. The van der Waals surface area contributed by atoms with Crippen molar-refractivity contribution >= 4 is 27.5 Å². The number of carbonyl (C=O) groups is 2. The maximum Gasteiger partial charge on any atom is 0.244 e. The van der Waals surface area contributed by atoms with E-state index in [-0.39, 0.29) is 12.5 Å². The van der Waals surface area contributed by atoms with E-state index in [0.717, 1.165) is 32.8 Å². The number of aryl methyl sites for hydroxylation is 3. The van der Waals surface area contributed by atoms with Crippen molar-refractivity contribution in [2.75, 3.05) is 17.1 Å². The molecule has 7 nitrogen and oxygen atoms in total. The van der Waals surface area contributed by atoms with Crippen LogP contribution in [0.15, 0.2) is 42.5 Å². The van der Waals surface area contributed by atoms with Gasteiger partial charge in [-0.3, -0.25) is 13.9 Å². The summed E-state index contributed by atoms with van der Waals surface area (Å²) in [4.78, 5) is 28.0. The molecule has 0 heterocycles. The molecule has 34 heavy (non-hydrogen) atoms. The molecule has 186 valence electrons. The van der Waals surface area contributed by atoms with Gasteiger partial charge in [-0.2, -0.15) is 0 Å². The molecule has 2 aromatic rings. The van der Waals surface area contributed by atoms with Crippen molar-refractivity contribution in [2.45, 2.75) is 66.6 Å². The van der Waals surface area contributed by atoms with Gasteiger partial charge in [0, 0.05) is 12.1 Å². The Kier molecular flexibility index (Phi) is 8.53. The van der Waals surface area contributed by atoms with E-state index in [1.807, 2.05) is 71.9 Å².